The monoisotopic (exact) mass is 294 g/mol. The normalized spacial score (nSPS) is 10.9. The lowest BCUT2D eigenvalue weighted by Crippen LogP contribution is -2.25. The minimum atomic E-state index is -3.50. The maximum Gasteiger partial charge on any atom is 0.241 e. The fraction of sp³-hybridized carbons (Fsp3) is 0.467. The predicted octanol–water partition coefficient (Wildman–Crippen LogP) is 1.86. The van der Waals surface area contributed by atoms with E-state index in [1.54, 1.807) is 24.3 Å². The summed E-state index contributed by atoms with van der Waals surface area (Å²) in [6.07, 6.45) is 4.14. The highest BCUT2D eigenvalue weighted by molar-refractivity contribution is 7.89. The van der Waals surface area contributed by atoms with Crippen molar-refractivity contribution < 1.29 is 8.42 Å². The van der Waals surface area contributed by atoms with Gasteiger partial charge in [0.05, 0.1) is 11.4 Å². The zero-order valence-electron chi connectivity index (χ0n) is 11.9. The number of hydrogen-bond donors (Lipinski definition) is 2. The Balaban J connectivity index is 2.77. The van der Waals surface area contributed by atoms with Gasteiger partial charge in [-0.2, -0.15) is 0 Å². The Bertz CT molecular complexity index is 571. The van der Waals surface area contributed by atoms with Gasteiger partial charge in [0.15, 0.2) is 0 Å². The van der Waals surface area contributed by atoms with Gasteiger partial charge in [-0.05, 0) is 18.6 Å². The summed E-state index contributed by atoms with van der Waals surface area (Å²) < 4.78 is 27.1. The van der Waals surface area contributed by atoms with Crippen molar-refractivity contribution in [2.45, 2.75) is 37.5 Å². The van der Waals surface area contributed by atoms with Gasteiger partial charge < -0.3 is 5.73 Å². The molecule has 0 saturated heterocycles. The van der Waals surface area contributed by atoms with Gasteiger partial charge in [0.25, 0.3) is 0 Å². The molecule has 20 heavy (non-hydrogen) atoms. The Kier molecular flexibility index (Phi) is 7.31. The van der Waals surface area contributed by atoms with Gasteiger partial charge in [-0.15, -0.1) is 0 Å². The van der Waals surface area contributed by atoms with Crippen LogP contribution in [0.5, 0.6) is 0 Å². The number of rotatable bonds is 7. The van der Waals surface area contributed by atoms with Crippen LogP contribution in [0.1, 0.15) is 38.2 Å². The topological polar surface area (TPSA) is 72.2 Å². The number of nitrogens with one attached hydrogen (secondary N) is 1. The third-order valence-corrected chi connectivity index (χ3v) is 4.34. The molecule has 0 spiro atoms. The molecule has 1 rings (SSSR count). The van der Waals surface area contributed by atoms with Crippen molar-refractivity contribution in [1.29, 1.82) is 0 Å². The van der Waals surface area contributed by atoms with E-state index in [0.29, 0.717) is 12.1 Å². The molecule has 0 amide bonds. The molecule has 1 aromatic rings. The molecule has 0 atom stereocenters. The molecule has 3 N–H and O–H groups in total. The number of sulfonamides is 1. The number of benzene rings is 1. The third kappa shape index (κ3) is 5.33. The summed E-state index contributed by atoms with van der Waals surface area (Å²) in [5.41, 5.74) is 5.81. The molecule has 0 aliphatic rings. The molecule has 0 saturated carbocycles. The van der Waals surface area contributed by atoms with Gasteiger partial charge in [-0.3, -0.25) is 0 Å². The Hall–Kier alpha value is -1.35. The van der Waals surface area contributed by atoms with Crippen molar-refractivity contribution in [3.63, 3.8) is 0 Å². The molecule has 4 nitrogen and oxygen atoms in total. The van der Waals surface area contributed by atoms with Crippen LogP contribution in [0.25, 0.3) is 0 Å². The van der Waals surface area contributed by atoms with Gasteiger partial charge in [0.1, 0.15) is 0 Å². The number of hydrogen-bond acceptors (Lipinski definition) is 3. The quantitative estimate of drug-likeness (QED) is 0.595. The van der Waals surface area contributed by atoms with E-state index < -0.39 is 10.0 Å². The maximum atomic E-state index is 12.2. The number of nitrogens with two attached hydrogens (primary N) is 1. The van der Waals surface area contributed by atoms with Crippen molar-refractivity contribution >= 4 is 10.0 Å². The van der Waals surface area contributed by atoms with Crippen LogP contribution in [-0.4, -0.2) is 21.5 Å². The van der Waals surface area contributed by atoms with Crippen LogP contribution >= 0.6 is 0 Å². The van der Waals surface area contributed by atoms with E-state index in [9.17, 15) is 8.42 Å². The first-order chi connectivity index (χ1) is 9.61. The SMILES string of the molecule is CCCCCCNS(=O)(=O)c1ccccc1C#CCN. The molecule has 0 aromatic heterocycles. The minimum Gasteiger partial charge on any atom is -0.320 e. The second-order valence-electron chi connectivity index (χ2n) is 4.46. The van der Waals surface area contributed by atoms with E-state index in [4.69, 9.17) is 5.73 Å². The Morgan fingerprint density at radius 1 is 1.20 bits per heavy atom. The summed E-state index contributed by atoms with van der Waals surface area (Å²) >= 11 is 0. The molecule has 5 heteroatoms. The average molecular weight is 294 g/mol. The fourth-order valence-electron chi connectivity index (χ4n) is 1.79. The van der Waals surface area contributed by atoms with Gasteiger partial charge in [0.2, 0.25) is 10.0 Å². The van der Waals surface area contributed by atoms with Crippen molar-refractivity contribution in [3.8, 4) is 11.8 Å². The molecule has 0 aliphatic heterocycles. The van der Waals surface area contributed by atoms with Crippen molar-refractivity contribution in [1.82, 2.24) is 4.72 Å². The van der Waals surface area contributed by atoms with Gasteiger partial charge >= 0.3 is 0 Å². The van der Waals surface area contributed by atoms with Crippen molar-refractivity contribution in [3.05, 3.63) is 29.8 Å². The van der Waals surface area contributed by atoms with Gasteiger partial charge in [0, 0.05) is 12.1 Å². The Morgan fingerprint density at radius 3 is 2.65 bits per heavy atom. The zero-order chi connectivity index (χ0) is 14.8. The zero-order valence-corrected chi connectivity index (χ0v) is 12.7. The third-order valence-electron chi connectivity index (χ3n) is 2.82. The number of unbranched alkanes of at least 4 members (excludes halogenated alkanes) is 3. The molecule has 0 bridgehead atoms. The lowest BCUT2D eigenvalue weighted by molar-refractivity contribution is 0.573. The standard InChI is InChI=1S/C15H22N2O2S/c1-2-3-4-7-13-17-20(18,19)15-11-6-5-9-14(15)10-8-12-16/h5-6,9,11,17H,2-4,7,12-13,16H2,1H3. The summed E-state index contributed by atoms with van der Waals surface area (Å²) in [7, 11) is -3.50. The summed E-state index contributed by atoms with van der Waals surface area (Å²) in [5.74, 6) is 5.48. The summed E-state index contributed by atoms with van der Waals surface area (Å²) in [6.45, 7) is 2.79. The van der Waals surface area contributed by atoms with E-state index in [2.05, 4.69) is 23.5 Å². The highest BCUT2D eigenvalue weighted by atomic mass is 32.2. The molecule has 110 valence electrons. The molecular formula is C15H22N2O2S. The summed E-state index contributed by atoms with van der Waals surface area (Å²) in [5, 5.41) is 0. The molecule has 0 aliphatic carbocycles. The van der Waals surface area contributed by atoms with Crippen molar-refractivity contribution in [2.75, 3.05) is 13.1 Å². The van der Waals surface area contributed by atoms with E-state index in [0.717, 1.165) is 25.7 Å². The minimum absolute atomic E-state index is 0.207. The molecular weight excluding hydrogens is 272 g/mol. The van der Waals surface area contributed by atoms with Crippen LogP contribution in [0, 0.1) is 11.8 Å². The highest BCUT2D eigenvalue weighted by Gasteiger charge is 2.16. The molecule has 0 heterocycles. The van der Waals surface area contributed by atoms with E-state index >= 15 is 0 Å². The first-order valence-electron chi connectivity index (χ1n) is 6.89. The predicted molar refractivity (Wildman–Crippen MR) is 81.7 cm³/mol. The Morgan fingerprint density at radius 2 is 1.95 bits per heavy atom. The lowest BCUT2D eigenvalue weighted by Gasteiger charge is -2.08. The van der Waals surface area contributed by atoms with Crippen LogP contribution in [0.4, 0.5) is 0 Å². The molecule has 0 fully saturated rings. The van der Waals surface area contributed by atoms with E-state index in [1.165, 1.54) is 0 Å². The molecule has 0 radical (unpaired) electrons. The Labute approximate surface area is 121 Å². The van der Waals surface area contributed by atoms with Gasteiger partial charge in [-0.25, -0.2) is 13.1 Å². The largest absolute Gasteiger partial charge is 0.320 e. The highest BCUT2D eigenvalue weighted by Crippen LogP contribution is 2.14. The average Bonchev–Trinajstić information content (AvgIpc) is 2.45. The smallest absolute Gasteiger partial charge is 0.241 e. The maximum absolute atomic E-state index is 12.2. The van der Waals surface area contributed by atoms with E-state index in [1.807, 2.05) is 0 Å². The van der Waals surface area contributed by atoms with Crippen LogP contribution in [0.15, 0.2) is 29.2 Å². The second kappa shape index (κ2) is 8.75. The first kappa shape index (κ1) is 16.7. The molecule has 0 unspecified atom stereocenters. The van der Waals surface area contributed by atoms with Crippen LogP contribution in [0.3, 0.4) is 0 Å². The second-order valence-corrected chi connectivity index (χ2v) is 6.20. The van der Waals surface area contributed by atoms with Crippen LogP contribution in [0.2, 0.25) is 0 Å². The lowest BCUT2D eigenvalue weighted by atomic mass is 10.2. The fourth-order valence-corrected chi connectivity index (χ4v) is 3.02. The van der Waals surface area contributed by atoms with E-state index in [-0.39, 0.29) is 11.4 Å². The summed E-state index contributed by atoms with van der Waals surface area (Å²) in [4.78, 5) is 0.219. The summed E-state index contributed by atoms with van der Waals surface area (Å²) in [6, 6.07) is 6.71. The molecule has 1 aromatic carbocycles. The van der Waals surface area contributed by atoms with Gasteiger partial charge in [-0.1, -0.05) is 50.2 Å². The van der Waals surface area contributed by atoms with Crippen molar-refractivity contribution in [2.24, 2.45) is 5.73 Å². The van der Waals surface area contributed by atoms with Crippen LogP contribution < -0.4 is 10.5 Å². The first-order valence-corrected chi connectivity index (χ1v) is 8.37. The van der Waals surface area contributed by atoms with Crippen LogP contribution in [-0.2, 0) is 10.0 Å².